The van der Waals surface area contributed by atoms with Crippen molar-refractivity contribution >= 4 is 23.0 Å². The summed E-state index contributed by atoms with van der Waals surface area (Å²) >= 11 is 0. The second kappa shape index (κ2) is 4.01. The van der Waals surface area contributed by atoms with Gasteiger partial charge in [-0.1, -0.05) is 0 Å². The topological polar surface area (TPSA) is 51.9 Å². The summed E-state index contributed by atoms with van der Waals surface area (Å²) in [6.07, 6.45) is 3.76. The summed E-state index contributed by atoms with van der Waals surface area (Å²) in [7, 11) is 0. The van der Waals surface area contributed by atoms with Gasteiger partial charge in [0.15, 0.2) is 0 Å². The third kappa shape index (κ3) is 1.56. The predicted molar refractivity (Wildman–Crippen MR) is 72.6 cm³/mol. The van der Waals surface area contributed by atoms with Crippen molar-refractivity contribution in [3.05, 3.63) is 53.3 Å². The van der Waals surface area contributed by atoms with Crippen LogP contribution in [-0.2, 0) is 0 Å². The minimum Gasteiger partial charge on any atom is -0.361 e. The van der Waals surface area contributed by atoms with Crippen LogP contribution in [-0.4, -0.2) is 11.2 Å². The molecule has 0 saturated heterocycles. The molecule has 0 unspecified atom stereocenters. The van der Waals surface area contributed by atoms with E-state index in [1.54, 1.807) is 6.07 Å². The first kappa shape index (κ1) is 10.5. The van der Waals surface area contributed by atoms with E-state index in [0.29, 0.717) is 5.56 Å². The summed E-state index contributed by atoms with van der Waals surface area (Å²) in [5.74, 6) is 0. The summed E-state index contributed by atoms with van der Waals surface area (Å²) in [4.78, 5) is 7.57. The fraction of sp³-hybridized carbons (Fsp3) is 0.0667. The molecule has 0 aliphatic carbocycles. The smallest absolute Gasteiger partial charge is 0.0991 e. The van der Waals surface area contributed by atoms with Gasteiger partial charge in [0.25, 0.3) is 0 Å². The lowest BCUT2D eigenvalue weighted by molar-refractivity contribution is 1.34. The summed E-state index contributed by atoms with van der Waals surface area (Å²) in [6.45, 7) is 2.06. The number of aliphatic imine (C=N–C) groups is 1. The number of fused-ring (bicyclic) bond motifs is 1. The number of rotatable bonds is 1. The van der Waals surface area contributed by atoms with E-state index in [1.807, 2.05) is 36.7 Å². The van der Waals surface area contributed by atoms with Gasteiger partial charge in [0.1, 0.15) is 0 Å². The number of aromatic amines is 1. The van der Waals surface area contributed by atoms with Gasteiger partial charge in [0.2, 0.25) is 0 Å². The molecule has 0 bridgehead atoms. The number of hydrogen-bond acceptors (Lipinski definition) is 2. The van der Waals surface area contributed by atoms with Gasteiger partial charge >= 0.3 is 0 Å². The molecule has 3 heteroatoms. The highest BCUT2D eigenvalue weighted by molar-refractivity contribution is 6.23. The van der Waals surface area contributed by atoms with Crippen LogP contribution in [0.2, 0.25) is 0 Å². The van der Waals surface area contributed by atoms with Crippen molar-refractivity contribution in [3.63, 3.8) is 0 Å². The first-order valence-electron chi connectivity index (χ1n) is 5.73. The van der Waals surface area contributed by atoms with Crippen molar-refractivity contribution in [2.24, 2.45) is 4.99 Å². The number of allylic oxidation sites excluding steroid dienone is 2. The number of nitriles is 1. The number of aromatic nitrogens is 1. The highest BCUT2D eigenvalue weighted by atomic mass is 14.8. The molecule has 1 aromatic carbocycles. The van der Waals surface area contributed by atoms with Crippen LogP contribution in [0.1, 0.15) is 23.7 Å². The second-order valence-electron chi connectivity index (χ2n) is 4.22. The van der Waals surface area contributed by atoms with Gasteiger partial charge in [0, 0.05) is 29.2 Å². The van der Waals surface area contributed by atoms with Gasteiger partial charge in [-0.15, -0.1) is 0 Å². The fourth-order valence-electron chi connectivity index (χ4n) is 2.15. The van der Waals surface area contributed by atoms with Crippen molar-refractivity contribution in [3.8, 4) is 6.07 Å². The molecular formula is C15H11N3. The molecule has 0 spiro atoms. The maximum atomic E-state index is 8.96. The van der Waals surface area contributed by atoms with Crippen LogP contribution in [0.25, 0.3) is 11.1 Å². The standard InChI is InChI=1S/C15H11N3/c1-10(14-3-2-6-17-14)13-9-18-15-5-4-11(8-16)7-12(13)15/h2-7,9,17H,1H3. The SMILES string of the molecule is CC(=C1C=Nc2ccc(C#N)cc21)c1ccc[nH]1. The number of nitrogens with zero attached hydrogens (tertiary/aromatic N) is 2. The van der Waals surface area contributed by atoms with Crippen LogP contribution in [0.4, 0.5) is 5.69 Å². The molecule has 86 valence electrons. The van der Waals surface area contributed by atoms with Crippen molar-refractivity contribution < 1.29 is 0 Å². The molecule has 1 aliphatic heterocycles. The Morgan fingerprint density at radius 3 is 2.94 bits per heavy atom. The van der Waals surface area contributed by atoms with E-state index in [-0.39, 0.29) is 0 Å². The maximum Gasteiger partial charge on any atom is 0.0991 e. The quantitative estimate of drug-likeness (QED) is 0.804. The van der Waals surface area contributed by atoms with E-state index in [1.165, 1.54) is 0 Å². The number of benzene rings is 1. The normalized spacial score (nSPS) is 15.3. The lowest BCUT2D eigenvalue weighted by Gasteiger charge is -2.05. The first-order chi connectivity index (χ1) is 8.79. The Kier molecular flexibility index (Phi) is 2.35. The highest BCUT2D eigenvalue weighted by Gasteiger charge is 2.16. The van der Waals surface area contributed by atoms with Gasteiger partial charge < -0.3 is 4.98 Å². The zero-order valence-corrected chi connectivity index (χ0v) is 9.94. The van der Waals surface area contributed by atoms with Crippen LogP contribution in [0.5, 0.6) is 0 Å². The Morgan fingerprint density at radius 1 is 1.33 bits per heavy atom. The minimum absolute atomic E-state index is 0.663. The predicted octanol–water partition coefficient (Wildman–Crippen LogP) is 3.53. The fourth-order valence-corrected chi connectivity index (χ4v) is 2.15. The van der Waals surface area contributed by atoms with E-state index in [0.717, 1.165) is 28.1 Å². The van der Waals surface area contributed by atoms with E-state index in [4.69, 9.17) is 5.26 Å². The molecular weight excluding hydrogens is 222 g/mol. The number of nitrogens with one attached hydrogen (secondary N) is 1. The van der Waals surface area contributed by atoms with Crippen LogP contribution in [0.3, 0.4) is 0 Å². The van der Waals surface area contributed by atoms with Crippen LogP contribution >= 0.6 is 0 Å². The van der Waals surface area contributed by atoms with Gasteiger partial charge in [-0.25, -0.2) is 0 Å². The van der Waals surface area contributed by atoms with E-state index in [2.05, 4.69) is 23.0 Å². The Balaban J connectivity index is 2.18. The molecule has 1 N–H and O–H groups in total. The van der Waals surface area contributed by atoms with E-state index < -0.39 is 0 Å². The molecule has 2 heterocycles. The maximum absolute atomic E-state index is 8.96. The Labute approximate surface area is 105 Å². The largest absolute Gasteiger partial charge is 0.361 e. The Hall–Kier alpha value is -2.60. The van der Waals surface area contributed by atoms with Crippen molar-refractivity contribution in [1.29, 1.82) is 5.26 Å². The molecule has 2 aromatic rings. The molecule has 0 fully saturated rings. The third-order valence-corrected chi connectivity index (χ3v) is 3.15. The molecule has 0 radical (unpaired) electrons. The minimum atomic E-state index is 0.663. The number of H-pyrrole nitrogens is 1. The highest BCUT2D eigenvalue weighted by Crippen LogP contribution is 2.36. The molecule has 18 heavy (non-hydrogen) atoms. The number of hydrogen-bond donors (Lipinski definition) is 1. The Morgan fingerprint density at radius 2 is 2.22 bits per heavy atom. The average molecular weight is 233 g/mol. The van der Waals surface area contributed by atoms with Crippen LogP contribution < -0.4 is 0 Å². The monoisotopic (exact) mass is 233 g/mol. The zero-order chi connectivity index (χ0) is 12.5. The molecule has 0 amide bonds. The average Bonchev–Trinajstić information content (AvgIpc) is 3.06. The van der Waals surface area contributed by atoms with Crippen molar-refractivity contribution in [2.45, 2.75) is 6.92 Å². The van der Waals surface area contributed by atoms with Gasteiger partial charge in [-0.05, 0) is 42.8 Å². The lowest BCUT2D eigenvalue weighted by Crippen LogP contribution is -1.88. The summed E-state index contributed by atoms with van der Waals surface area (Å²) in [5.41, 5.74) is 5.90. The molecule has 3 nitrogen and oxygen atoms in total. The summed E-state index contributed by atoms with van der Waals surface area (Å²) < 4.78 is 0. The first-order valence-corrected chi connectivity index (χ1v) is 5.73. The van der Waals surface area contributed by atoms with Gasteiger partial charge in [-0.2, -0.15) is 5.26 Å². The van der Waals surface area contributed by atoms with Gasteiger partial charge in [0.05, 0.1) is 17.3 Å². The van der Waals surface area contributed by atoms with E-state index >= 15 is 0 Å². The van der Waals surface area contributed by atoms with Crippen LogP contribution in [0.15, 0.2) is 41.5 Å². The lowest BCUT2D eigenvalue weighted by atomic mass is 9.99. The van der Waals surface area contributed by atoms with Gasteiger partial charge in [-0.3, -0.25) is 4.99 Å². The molecule has 3 rings (SSSR count). The van der Waals surface area contributed by atoms with E-state index in [9.17, 15) is 0 Å². The molecule has 1 aromatic heterocycles. The van der Waals surface area contributed by atoms with Crippen molar-refractivity contribution in [1.82, 2.24) is 4.98 Å². The molecule has 1 aliphatic rings. The third-order valence-electron chi connectivity index (χ3n) is 3.15. The summed E-state index contributed by atoms with van der Waals surface area (Å²) in [5, 5.41) is 8.96. The second-order valence-corrected chi connectivity index (χ2v) is 4.22. The molecule has 0 saturated carbocycles. The Bertz CT molecular complexity index is 698. The van der Waals surface area contributed by atoms with Crippen molar-refractivity contribution in [2.75, 3.05) is 0 Å². The summed E-state index contributed by atoms with van der Waals surface area (Å²) in [6, 6.07) is 11.7. The zero-order valence-electron chi connectivity index (χ0n) is 9.94. The van der Waals surface area contributed by atoms with Crippen LogP contribution in [0, 0.1) is 11.3 Å². The molecule has 0 atom stereocenters.